The Morgan fingerprint density at radius 3 is 2.70 bits per heavy atom. The van der Waals surface area contributed by atoms with Crippen molar-refractivity contribution in [3.05, 3.63) is 44.6 Å². The van der Waals surface area contributed by atoms with Gasteiger partial charge in [0.1, 0.15) is 0 Å². The molecule has 0 saturated carbocycles. The number of hydrazine groups is 1. The van der Waals surface area contributed by atoms with Crippen LogP contribution in [0.15, 0.2) is 34.1 Å². The fourth-order valence-electron chi connectivity index (χ4n) is 2.18. The topological polar surface area (TPSA) is 56.5 Å². The summed E-state index contributed by atoms with van der Waals surface area (Å²) < 4.78 is 12.4. The molecular formula is C14H15BrN2O2S. The van der Waals surface area contributed by atoms with Gasteiger partial charge >= 0.3 is 0 Å². The molecule has 20 heavy (non-hydrogen) atoms. The molecule has 1 aromatic heterocycles. The first-order chi connectivity index (χ1) is 9.78. The second-order valence-electron chi connectivity index (χ2n) is 4.52. The van der Waals surface area contributed by atoms with Crippen molar-refractivity contribution in [3.63, 3.8) is 0 Å². The Kier molecular flexibility index (Phi) is 4.26. The molecule has 4 nitrogen and oxygen atoms in total. The van der Waals surface area contributed by atoms with Gasteiger partial charge in [-0.1, -0.05) is 6.07 Å². The molecule has 1 unspecified atom stereocenters. The second kappa shape index (κ2) is 6.13. The van der Waals surface area contributed by atoms with Crippen LogP contribution >= 0.6 is 27.3 Å². The van der Waals surface area contributed by atoms with Crippen molar-refractivity contribution in [2.75, 3.05) is 13.2 Å². The number of benzene rings is 1. The molecule has 2 aromatic rings. The highest BCUT2D eigenvalue weighted by molar-refractivity contribution is 9.10. The molecule has 0 radical (unpaired) electrons. The zero-order valence-electron chi connectivity index (χ0n) is 10.8. The average molecular weight is 355 g/mol. The Hall–Kier alpha value is -1.08. The van der Waals surface area contributed by atoms with Gasteiger partial charge in [-0.15, -0.1) is 11.3 Å². The van der Waals surface area contributed by atoms with Crippen molar-refractivity contribution in [2.45, 2.75) is 12.5 Å². The maximum Gasteiger partial charge on any atom is 0.161 e. The summed E-state index contributed by atoms with van der Waals surface area (Å²) in [5, 5.41) is 2.04. The predicted octanol–water partition coefficient (Wildman–Crippen LogP) is 3.22. The van der Waals surface area contributed by atoms with Gasteiger partial charge in [-0.25, -0.2) is 5.43 Å². The summed E-state index contributed by atoms with van der Waals surface area (Å²) in [6, 6.07) is 7.98. The van der Waals surface area contributed by atoms with Crippen LogP contribution in [0.3, 0.4) is 0 Å². The first-order valence-electron chi connectivity index (χ1n) is 6.37. The SMILES string of the molecule is NNC(c1ccc2c(c1)OCCCO2)c1cc(Br)cs1. The molecular weight excluding hydrogens is 340 g/mol. The predicted molar refractivity (Wildman–Crippen MR) is 83.2 cm³/mol. The third-order valence-electron chi connectivity index (χ3n) is 3.14. The van der Waals surface area contributed by atoms with E-state index in [1.54, 1.807) is 11.3 Å². The van der Waals surface area contributed by atoms with E-state index in [9.17, 15) is 0 Å². The number of halogens is 1. The highest BCUT2D eigenvalue weighted by Crippen LogP contribution is 2.35. The molecule has 0 bridgehead atoms. The summed E-state index contributed by atoms with van der Waals surface area (Å²) in [6.45, 7) is 1.38. The first kappa shape index (κ1) is 13.9. The van der Waals surface area contributed by atoms with Gasteiger partial charge in [0, 0.05) is 21.2 Å². The van der Waals surface area contributed by atoms with Crippen LogP contribution < -0.4 is 20.7 Å². The lowest BCUT2D eigenvalue weighted by Gasteiger charge is -2.16. The highest BCUT2D eigenvalue weighted by atomic mass is 79.9. The summed E-state index contributed by atoms with van der Waals surface area (Å²) in [5.74, 6) is 7.31. The minimum Gasteiger partial charge on any atom is -0.490 e. The smallest absolute Gasteiger partial charge is 0.161 e. The van der Waals surface area contributed by atoms with Gasteiger partial charge < -0.3 is 9.47 Å². The van der Waals surface area contributed by atoms with E-state index in [1.807, 2.05) is 23.6 Å². The van der Waals surface area contributed by atoms with E-state index >= 15 is 0 Å². The Balaban J connectivity index is 1.94. The van der Waals surface area contributed by atoms with Crippen molar-refractivity contribution < 1.29 is 9.47 Å². The molecule has 6 heteroatoms. The maximum atomic E-state index is 5.73. The molecule has 2 heterocycles. The normalized spacial score (nSPS) is 15.7. The van der Waals surface area contributed by atoms with Gasteiger partial charge in [0.25, 0.3) is 0 Å². The zero-order valence-corrected chi connectivity index (χ0v) is 13.2. The Labute approximate surface area is 130 Å². The van der Waals surface area contributed by atoms with Crippen LogP contribution in [0.4, 0.5) is 0 Å². The van der Waals surface area contributed by atoms with Gasteiger partial charge in [0.15, 0.2) is 11.5 Å². The highest BCUT2D eigenvalue weighted by Gasteiger charge is 2.18. The van der Waals surface area contributed by atoms with Crippen LogP contribution in [0.1, 0.15) is 22.9 Å². The minimum absolute atomic E-state index is 0.0524. The van der Waals surface area contributed by atoms with E-state index in [2.05, 4.69) is 27.4 Å². The monoisotopic (exact) mass is 354 g/mol. The average Bonchev–Trinajstić information content (AvgIpc) is 2.75. The van der Waals surface area contributed by atoms with Crippen LogP contribution in [0, 0.1) is 0 Å². The molecule has 1 aliphatic heterocycles. The molecule has 0 saturated heterocycles. The van der Waals surface area contributed by atoms with Gasteiger partial charge in [-0.05, 0) is 39.7 Å². The largest absolute Gasteiger partial charge is 0.490 e. The van der Waals surface area contributed by atoms with Crippen LogP contribution in [-0.4, -0.2) is 13.2 Å². The minimum atomic E-state index is -0.0524. The molecule has 0 fully saturated rings. The van der Waals surface area contributed by atoms with Crippen molar-refractivity contribution in [3.8, 4) is 11.5 Å². The van der Waals surface area contributed by atoms with E-state index < -0.39 is 0 Å². The molecule has 1 atom stereocenters. The maximum absolute atomic E-state index is 5.73. The lowest BCUT2D eigenvalue weighted by atomic mass is 10.1. The number of thiophene rings is 1. The summed E-state index contributed by atoms with van der Waals surface area (Å²) in [5.41, 5.74) is 3.92. The molecule has 0 spiro atoms. The van der Waals surface area contributed by atoms with E-state index in [-0.39, 0.29) is 6.04 Å². The third kappa shape index (κ3) is 2.83. The quantitative estimate of drug-likeness (QED) is 0.656. The van der Waals surface area contributed by atoms with E-state index in [0.717, 1.165) is 32.8 Å². The van der Waals surface area contributed by atoms with Crippen LogP contribution in [0.5, 0.6) is 11.5 Å². The molecule has 1 aliphatic rings. The lowest BCUT2D eigenvalue weighted by molar-refractivity contribution is 0.297. The molecule has 106 valence electrons. The van der Waals surface area contributed by atoms with Gasteiger partial charge in [-0.2, -0.15) is 0 Å². The number of nitrogens with one attached hydrogen (secondary N) is 1. The number of nitrogens with two attached hydrogens (primary N) is 1. The van der Waals surface area contributed by atoms with Crippen molar-refractivity contribution in [1.29, 1.82) is 0 Å². The lowest BCUT2D eigenvalue weighted by Crippen LogP contribution is -2.28. The summed E-state index contributed by atoms with van der Waals surface area (Å²) in [4.78, 5) is 1.15. The van der Waals surface area contributed by atoms with Crippen LogP contribution in [0.25, 0.3) is 0 Å². The molecule has 3 N–H and O–H groups in total. The van der Waals surface area contributed by atoms with Gasteiger partial charge in [-0.3, -0.25) is 5.84 Å². The number of ether oxygens (including phenoxy) is 2. The molecule has 0 amide bonds. The zero-order chi connectivity index (χ0) is 13.9. The fraction of sp³-hybridized carbons (Fsp3) is 0.286. The summed E-state index contributed by atoms with van der Waals surface area (Å²) in [7, 11) is 0. The summed E-state index contributed by atoms with van der Waals surface area (Å²) >= 11 is 5.13. The van der Waals surface area contributed by atoms with Crippen molar-refractivity contribution in [1.82, 2.24) is 5.43 Å². The number of hydrogen-bond acceptors (Lipinski definition) is 5. The van der Waals surface area contributed by atoms with Gasteiger partial charge in [0.2, 0.25) is 0 Å². The molecule has 1 aromatic carbocycles. The van der Waals surface area contributed by atoms with Crippen molar-refractivity contribution >= 4 is 27.3 Å². The van der Waals surface area contributed by atoms with E-state index in [0.29, 0.717) is 13.2 Å². The number of hydrogen-bond donors (Lipinski definition) is 2. The van der Waals surface area contributed by atoms with Crippen LogP contribution in [0.2, 0.25) is 0 Å². The fourth-order valence-corrected chi connectivity index (χ4v) is 3.71. The first-order valence-corrected chi connectivity index (χ1v) is 8.05. The standard InChI is InChI=1S/C14H15BrN2O2S/c15-10-7-13(20-8-10)14(17-16)9-2-3-11-12(6-9)19-5-1-4-18-11/h2-3,6-8,14,17H,1,4-5,16H2. The van der Waals surface area contributed by atoms with E-state index in [4.69, 9.17) is 15.3 Å². The molecule has 3 rings (SSSR count). The number of rotatable bonds is 3. The Bertz CT molecular complexity index is 603. The Morgan fingerprint density at radius 2 is 2.00 bits per heavy atom. The Morgan fingerprint density at radius 1 is 1.20 bits per heavy atom. The molecule has 0 aliphatic carbocycles. The number of fused-ring (bicyclic) bond motifs is 1. The van der Waals surface area contributed by atoms with Crippen molar-refractivity contribution in [2.24, 2.45) is 5.84 Å². The van der Waals surface area contributed by atoms with Gasteiger partial charge in [0.05, 0.1) is 19.3 Å². The second-order valence-corrected chi connectivity index (χ2v) is 6.38. The van der Waals surface area contributed by atoms with E-state index in [1.165, 1.54) is 0 Å². The van der Waals surface area contributed by atoms with Crippen LogP contribution in [-0.2, 0) is 0 Å². The third-order valence-corrected chi connectivity index (χ3v) is 4.90. The summed E-state index contributed by atoms with van der Waals surface area (Å²) in [6.07, 6.45) is 0.903.